The van der Waals surface area contributed by atoms with E-state index in [-0.39, 0.29) is 11.7 Å². The summed E-state index contributed by atoms with van der Waals surface area (Å²) < 4.78 is 11.2. The maximum absolute atomic E-state index is 13.1. The number of fused-ring (bicyclic) bond motifs is 3. The molecule has 29 heavy (non-hydrogen) atoms. The number of benzene rings is 3. The average Bonchev–Trinajstić information content (AvgIpc) is 2.77. The molecule has 3 aromatic rings. The Kier molecular flexibility index (Phi) is 4.27. The highest BCUT2D eigenvalue weighted by Crippen LogP contribution is 2.50. The molecule has 146 valence electrons. The second-order valence-corrected chi connectivity index (χ2v) is 7.58. The average molecular weight is 385 g/mol. The number of carbonyl (C=O) groups excluding carboxylic acids is 1. The fourth-order valence-electron chi connectivity index (χ4n) is 4.73. The minimum Gasteiger partial charge on any atom is -0.497 e. The Labute approximate surface area is 170 Å². The molecule has 4 nitrogen and oxygen atoms in total. The van der Waals surface area contributed by atoms with Gasteiger partial charge in [0.15, 0.2) is 5.78 Å². The van der Waals surface area contributed by atoms with Crippen molar-refractivity contribution in [3.63, 3.8) is 0 Å². The molecular formula is C25H23NO3. The lowest BCUT2D eigenvalue weighted by atomic mass is 9.74. The van der Waals surface area contributed by atoms with E-state index in [0.717, 1.165) is 63.2 Å². The predicted molar refractivity (Wildman–Crippen MR) is 115 cm³/mol. The highest BCUT2D eigenvalue weighted by atomic mass is 16.5. The van der Waals surface area contributed by atoms with Crippen LogP contribution in [0.25, 0.3) is 10.8 Å². The molecule has 0 saturated heterocycles. The number of hydrogen-bond acceptors (Lipinski definition) is 4. The van der Waals surface area contributed by atoms with Gasteiger partial charge in [-0.2, -0.15) is 0 Å². The SMILES string of the molecule is COc1ccc(OC)c([C@@H]2C3=C(CCCC3=O)Nc3ccc4ccccc4c32)c1. The van der Waals surface area contributed by atoms with Gasteiger partial charge in [0.2, 0.25) is 0 Å². The molecule has 1 heterocycles. The minimum atomic E-state index is -0.190. The summed E-state index contributed by atoms with van der Waals surface area (Å²) >= 11 is 0. The van der Waals surface area contributed by atoms with E-state index in [2.05, 4.69) is 35.6 Å². The van der Waals surface area contributed by atoms with Crippen molar-refractivity contribution in [2.75, 3.05) is 19.5 Å². The van der Waals surface area contributed by atoms with Crippen molar-refractivity contribution in [2.45, 2.75) is 25.2 Å². The van der Waals surface area contributed by atoms with Gasteiger partial charge in [0, 0.05) is 34.9 Å². The van der Waals surface area contributed by atoms with Gasteiger partial charge >= 0.3 is 0 Å². The fraction of sp³-hybridized carbons (Fsp3) is 0.240. The van der Waals surface area contributed by atoms with Gasteiger partial charge in [0.05, 0.1) is 14.2 Å². The largest absolute Gasteiger partial charge is 0.497 e. The Morgan fingerprint density at radius 1 is 0.966 bits per heavy atom. The van der Waals surface area contributed by atoms with Crippen molar-refractivity contribution in [3.8, 4) is 11.5 Å². The number of methoxy groups -OCH3 is 2. The summed E-state index contributed by atoms with van der Waals surface area (Å²) in [5.41, 5.74) is 5.06. The van der Waals surface area contributed by atoms with E-state index < -0.39 is 0 Å². The molecule has 0 fully saturated rings. The maximum atomic E-state index is 13.1. The number of ether oxygens (including phenoxy) is 2. The van der Waals surface area contributed by atoms with Crippen LogP contribution in [0.15, 0.2) is 65.9 Å². The van der Waals surface area contributed by atoms with Crippen LogP contribution in [0.2, 0.25) is 0 Å². The lowest BCUT2D eigenvalue weighted by molar-refractivity contribution is -0.116. The van der Waals surface area contributed by atoms with Crippen LogP contribution in [0.3, 0.4) is 0 Å². The van der Waals surface area contributed by atoms with Crippen LogP contribution in [-0.4, -0.2) is 20.0 Å². The summed E-state index contributed by atoms with van der Waals surface area (Å²) in [6.45, 7) is 0. The van der Waals surface area contributed by atoms with Gasteiger partial charge in [-0.15, -0.1) is 0 Å². The third kappa shape index (κ3) is 2.79. The molecule has 0 amide bonds. The van der Waals surface area contributed by atoms with Gasteiger partial charge in [-0.25, -0.2) is 0 Å². The number of Topliss-reactive ketones (excluding diaryl/α,β-unsaturated/α-hetero) is 1. The summed E-state index contributed by atoms with van der Waals surface area (Å²) in [5, 5.41) is 5.88. The smallest absolute Gasteiger partial charge is 0.161 e. The van der Waals surface area contributed by atoms with E-state index in [1.54, 1.807) is 14.2 Å². The van der Waals surface area contributed by atoms with E-state index in [1.165, 1.54) is 0 Å². The van der Waals surface area contributed by atoms with Crippen LogP contribution in [0.5, 0.6) is 11.5 Å². The lowest BCUT2D eigenvalue weighted by Crippen LogP contribution is -2.27. The van der Waals surface area contributed by atoms with Crippen molar-refractivity contribution in [3.05, 3.63) is 77.0 Å². The minimum absolute atomic E-state index is 0.190. The molecule has 4 heteroatoms. The molecule has 2 aliphatic rings. The number of nitrogens with one attached hydrogen (secondary N) is 1. The molecular weight excluding hydrogens is 362 g/mol. The van der Waals surface area contributed by atoms with Crippen molar-refractivity contribution < 1.29 is 14.3 Å². The Hall–Kier alpha value is -3.27. The van der Waals surface area contributed by atoms with Gasteiger partial charge < -0.3 is 14.8 Å². The molecule has 0 bridgehead atoms. The maximum Gasteiger partial charge on any atom is 0.161 e. The summed E-state index contributed by atoms with van der Waals surface area (Å²) in [4.78, 5) is 13.1. The summed E-state index contributed by atoms with van der Waals surface area (Å²) in [6.07, 6.45) is 2.36. The second kappa shape index (κ2) is 6.96. The van der Waals surface area contributed by atoms with Gasteiger partial charge in [0.1, 0.15) is 11.5 Å². The van der Waals surface area contributed by atoms with Crippen LogP contribution in [-0.2, 0) is 4.79 Å². The van der Waals surface area contributed by atoms with Gasteiger partial charge in [-0.1, -0.05) is 30.3 Å². The lowest BCUT2D eigenvalue weighted by Gasteiger charge is -2.35. The molecule has 3 aromatic carbocycles. The van der Waals surface area contributed by atoms with Crippen LogP contribution in [0, 0.1) is 0 Å². The molecule has 1 atom stereocenters. The molecule has 0 aromatic heterocycles. The Morgan fingerprint density at radius 3 is 2.66 bits per heavy atom. The van der Waals surface area contributed by atoms with Gasteiger partial charge in [-0.3, -0.25) is 4.79 Å². The van der Waals surface area contributed by atoms with E-state index in [1.807, 2.05) is 24.3 Å². The molecule has 0 radical (unpaired) electrons. The number of carbonyl (C=O) groups is 1. The van der Waals surface area contributed by atoms with E-state index in [9.17, 15) is 4.79 Å². The molecule has 1 aliphatic heterocycles. The first kappa shape index (κ1) is 17.8. The normalized spacial score (nSPS) is 18.1. The van der Waals surface area contributed by atoms with Crippen LogP contribution in [0.4, 0.5) is 5.69 Å². The van der Waals surface area contributed by atoms with Crippen LogP contribution >= 0.6 is 0 Å². The highest BCUT2D eigenvalue weighted by Gasteiger charge is 2.37. The molecule has 5 rings (SSSR count). The quantitative estimate of drug-likeness (QED) is 0.654. The zero-order valence-electron chi connectivity index (χ0n) is 16.6. The summed E-state index contributed by atoms with van der Waals surface area (Å²) in [7, 11) is 3.34. The fourth-order valence-corrected chi connectivity index (χ4v) is 4.73. The zero-order valence-corrected chi connectivity index (χ0v) is 16.6. The molecule has 0 spiro atoms. The number of ketones is 1. The first-order valence-electron chi connectivity index (χ1n) is 9.98. The first-order chi connectivity index (χ1) is 14.2. The Balaban J connectivity index is 1.86. The number of allylic oxidation sites excluding steroid dienone is 2. The second-order valence-electron chi connectivity index (χ2n) is 7.58. The zero-order chi connectivity index (χ0) is 20.0. The van der Waals surface area contributed by atoms with Gasteiger partial charge in [0.25, 0.3) is 0 Å². The van der Waals surface area contributed by atoms with Crippen molar-refractivity contribution in [1.29, 1.82) is 0 Å². The molecule has 0 unspecified atom stereocenters. The van der Waals surface area contributed by atoms with E-state index >= 15 is 0 Å². The standard InChI is InChI=1S/C25H23NO3/c1-28-16-11-13-22(29-2)18(14-16)24-23-17-7-4-3-6-15(17)10-12-20(23)26-19-8-5-9-21(27)25(19)24/h3-4,6-7,10-14,24,26H,5,8-9H2,1-2H3/t24-/m0/s1. The topological polar surface area (TPSA) is 47.6 Å². The number of rotatable bonds is 3. The molecule has 1 aliphatic carbocycles. The van der Waals surface area contributed by atoms with Crippen molar-refractivity contribution >= 4 is 22.2 Å². The Morgan fingerprint density at radius 2 is 1.83 bits per heavy atom. The third-order valence-electron chi connectivity index (χ3n) is 6.04. The van der Waals surface area contributed by atoms with Gasteiger partial charge in [-0.05, 0) is 53.4 Å². The summed E-state index contributed by atoms with van der Waals surface area (Å²) in [6, 6.07) is 18.4. The Bertz CT molecular complexity index is 1160. The summed E-state index contributed by atoms with van der Waals surface area (Å²) in [5.74, 6) is 1.55. The highest BCUT2D eigenvalue weighted by molar-refractivity contribution is 6.04. The van der Waals surface area contributed by atoms with E-state index in [0.29, 0.717) is 6.42 Å². The third-order valence-corrected chi connectivity index (χ3v) is 6.04. The van der Waals surface area contributed by atoms with E-state index in [4.69, 9.17) is 9.47 Å². The monoisotopic (exact) mass is 385 g/mol. The van der Waals surface area contributed by atoms with Crippen LogP contribution < -0.4 is 14.8 Å². The number of anilines is 1. The first-order valence-corrected chi connectivity index (χ1v) is 9.98. The van der Waals surface area contributed by atoms with Crippen molar-refractivity contribution in [1.82, 2.24) is 0 Å². The van der Waals surface area contributed by atoms with Crippen molar-refractivity contribution in [2.24, 2.45) is 0 Å². The molecule has 1 N–H and O–H groups in total. The van der Waals surface area contributed by atoms with Crippen LogP contribution in [0.1, 0.15) is 36.3 Å². The number of hydrogen-bond donors (Lipinski definition) is 1. The molecule has 0 saturated carbocycles. The predicted octanol–water partition coefficient (Wildman–Crippen LogP) is 5.42.